The summed E-state index contributed by atoms with van der Waals surface area (Å²) in [7, 11) is 0. The highest BCUT2D eigenvalue weighted by Crippen LogP contribution is 2.34. The third-order valence-electron chi connectivity index (χ3n) is 3.47. The maximum atomic E-state index is 8.82. The Hall–Kier alpha value is -3.86. The topological polar surface area (TPSA) is 105 Å². The predicted molar refractivity (Wildman–Crippen MR) is 90.1 cm³/mol. The molecule has 2 aromatic carbocycles. The van der Waals surface area contributed by atoms with Gasteiger partial charge >= 0.3 is 0 Å². The summed E-state index contributed by atoms with van der Waals surface area (Å²) in [5.41, 5.74) is 2.15. The molecule has 8 heteroatoms. The number of nitrogens with one attached hydrogen (secondary N) is 2. The van der Waals surface area contributed by atoms with E-state index in [0.29, 0.717) is 23.1 Å². The van der Waals surface area contributed by atoms with E-state index in [4.69, 9.17) is 14.7 Å². The second-order valence-electron chi connectivity index (χ2n) is 5.17. The highest BCUT2D eigenvalue weighted by Gasteiger charge is 2.13. The number of hydrogen-bond acceptors (Lipinski definition) is 8. The van der Waals surface area contributed by atoms with E-state index in [1.54, 1.807) is 24.3 Å². The second kappa shape index (κ2) is 6.33. The van der Waals surface area contributed by atoms with Gasteiger partial charge in [0.1, 0.15) is 0 Å². The molecule has 0 saturated heterocycles. The van der Waals surface area contributed by atoms with Crippen molar-refractivity contribution in [2.75, 3.05) is 17.4 Å². The fraction of sp³-hybridized carbons (Fsp3) is 0.0588. The first kappa shape index (κ1) is 14.7. The first-order chi connectivity index (χ1) is 12.3. The van der Waals surface area contributed by atoms with Crippen LogP contribution in [-0.4, -0.2) is 22.0 Å². The zero-order valence-electron chi connectivity index (χ0n) is 12.9. The number of fused-ring (bicyclic) bond motifs is 1. The van der Waals surface area contributed by atoms with Gasteiger partial charge in [-0.2, -0.15) is 15.3 Å². The number of anilines is 4. The van der Waals surface area contributed by atoms with Crippen LogP contribution in [0.5, 0.6) is 11.5 Å². The summed E-state index contributed by atoms with van der Waals surface area (Å²) in [5, 5.41) is 22.9. The Balaban J connectivity index is 1.50. The van der Waals surface area contributed by atoms with Gasteiger partial charge in [-0.05, 0) is 36.4 Å². The van der Waals surface area contributed by atoms with Crippen molar-refractivity contribution in [1.82, 2.24) is 15.2 Å². The van der Waals surface area contributed by atoms with Crippen molar-refractivity contribution in [1.29, 1.82) is 5.26 Å². The van der Waals surface area contributed by atoms with Crippen molar-refractivity contribution < 1.29 is 9.47 Å². The number of hydrogen-bond donors (Lipinski definition) is 2. The molecule has 3 aromatic rings. The lowest BCUT2D eigenvalue weighted by atomic mass is 10.2. The summed E-state index contributed by atoms with van der Waals surface area (Å²) in [4.78, 5) is 4.37. The Kier molecular flexibility index (Phi) is 3.73. The summed E-state index contributed by atoms with van der Waals surface area (Å²) in [6.07, 6.45) is 1.52. The summed E-state index contributed by atoms with van der Waals surface area (Å²) in [5.74, 6) is 2.28. The van der Waals surface area contributed by atoms with Gasteiger partial charge in [0.2, 0.25) is 12.7 Å². The van der Waals surface area contributed by atoms with E-state index < -0.39 is 0 Å². The van der Waals surface area contributed by atoms with Crippen molar-refractivity contribution in [3.8, 4) is 17.6 Å². The van der Waals surface area contributed by atoms with Crippen LogP contribution in [0.3, 0.4) is 0 Å². The molecule has 2 heterocycles. The van der Waals surface area contributed by atoms with Gasteiger partial charge in [-0.3, -0.25) is 0 Å². The lowest BCUT2D eigenvalue weighted by Crippen LogP contribution is -2.02. The van der Waals surface area contributed by atoms with Gasteiger partial charge in [0, 0.05) is 17.4 Å². The van der Waals surface area contributed by atoms with Crippen molar-refractivity contribution in [2.45, 2.75) is 0 Å². The molecule has 0 radical (unpaired) electrons. The van der Waals surface area contributed by atoms with Gasteiger partial charge in [-0.1, -0.05) is 0 Å². The summed E-state index contributed by atoms with van der Waals surface area (Å²) < 4.78 is 10.6. The molecular weight excluding hydrogens is 320 g/mol. The fourth-order valence-corrected chi connectivity index (χ4v) is 2.30. The fourth-order valence-electron chi connectivity index (χ4n) is 2.30. The van der Waals surface area contributed by atoms with Gasteiger partial charge < -0.3 is 20.1 Å². The molecule has 122 valence electrons. The number of ether oxygens (including phenoxy) is 2. The van der Waals surface area contributed by atoms with Crippen LogP contribution in [-0.2, 0) is 0 Å². The van der Waals surface area contributed by atoms with E-state index in [2.05, 4.69) is 31.9 Å². The average molecular weight is 332 g/mol. The molecule has 0 aliphatic carbocycles. The molecule has 0 amide bonds. The van der Waals surface area contributed by atoms with Crippen LogP contribution in [0, 0.1) is 11.3 Å². The largest absolute Gasteiger partial charge is 0.454 e. The van der Waals surface area contributed by atoms with Gasteiger partial charge in [-0.25, -0.2) is 0 Å². The Labute approximate surface area is 143 Å². The van der Waals surface area contributed by atoms with Crippen LogP contribution in [0.25, 0.3) is 0 Å². The molecule has 1 aromatic heterocycles. The third-order valence-corrected chi connectivity index (χ3v) is 3.47. The number of rotatable bonds is 4. The van der Waals surface area contributed by atoms with E-state index in [1.165, 1.54) is 6.20 Å². The molecule has 2 N–H and O–H groups in total. The molecule has 8 nitrogen and oxygen atoms in total. The lowest BCUT2D eigenvalue weighted by molar-refractivity contribution is 0.174. The first-order valence-corrected chi connectivity index (χ1v) is 7.44. The van der Waals surface area contributed by atoms with Crippen molar-refractivity contribution >= 4 is 23.1 Å². The average Bonchev–Trinajstić information content (AvgIpc) is 3.10. The Bertz CT molecular complexity index is 952. The number of nitrogens with zero attached hydrogens (tertiary/aromatic N) is 4. The molecule has 0 atom stereocenters. The smallest absolute Gasteiger partial charge is 0.249 e. The summed E-state index contributed by atoms with van der Waals surface area (Å²) in [6, 6.07) is 14.6. The van der Waals surface area contributed by atoms with Crippen LogP contribution in [0.2, 0.25) is 0 Å². The molecule has 1 aliphatic heterocycles. The lowest BCUT2D eigenvalue weighted by Gasteiger charge is -2.08. The third kappa shape index (κ3) is 3.25. The van der Waals surface area contributed by atoms with E-state index >= 15 is 0 Å². The monoisotopic (exact) mass is 332 g/mol. The maximum Gasteiger partial charge on any atom is 0.249 e. The van der Waals surface area contributed by atoms with Crippen molar-refractivity contribution in [2.24, 2.45) is 0 Å². The van der Waals surface area contributed by atoms with Gasteiger partial charge in [0.05, 0.1) is 17.8 Å². The van der Waals surface area contributed by atoms with Crippen LogP contribution in [0.15, 0.2) is 48.7 Å². The first-order valence-electron chi connectivity index (χ1n) is 7.44. The van der Waals surface area contributed by atoms with Gasteiger partial charge in [0.15, 0.2) is 17.3 Å². The van der Waals surface area contributed by atoms with E-state index in [0.717, 1.165) is 17.1 Å². The Morgan fingerprint density at radius 3 is 2.60 bits per heavy atom. The van der Waals surface area contributed by atoms with E-state index in [9.17, 15) is 0 Å². The number of aromatic nitrogens is 3. The van der Waals surface area contributed by atoms with E-state index in [1.807, 2.05) is 18.2 Å². The van der Waals surface area contributed by atoms with Crippen LogP contribution >= 0.6 is 0 Å². The number of benzene rings is 2. The SMILES string of the molecule is N#Cc1ccc(Nc2nncc(Nc3ccc4c(c3)OCO4)n2)cc1. The minimum Gasteiger partial charge on any atom is -0.454 e. The quantitative estimate of drug-likeness (QED) is 0.751. The molecule has 0 spiro atoms. The minimum absolute atomic E-state index is 0.229. The zero-order chi connectivity index (χ0) is 17.1. The van der Waals surface area contributed by atoms with Crippen LogP contribution in [0.4, 0.5) is 23.1 Å². The van der Waals surface area contributed by atoms with Crippen LogP contribution < -0.4 is 20.1 Å². The minimum atomic E-state index is 0.229. The Morgan fingerprint density at radius 2 is 1.76 bits per heavy atom. The zero-order valence-corrected chi connectivity index (χ0v) is 12.9. The molecule has 0 fully saturated rings. The standard InChI is InChI=1S/C17H12N6O2/c18-8-11-1-3-12(4-2-11)21-17-22-16(9-19-23-17)20-13-5-6-14-15(7-13)25-10-24-14/h1-7,9H,10H2,(H2,20,21,22,23). The molecule has 4 rings (SSSR count). The summed E-state index contributed by atoms with van der Waals surface area (Å²) in [6.45, 7) is 0.229. The molecule has 0 unspecified atom stereocenters. The molecule has 25 heavy (non-hydrogen) atoms. The van der Waals surface area contributed by atoms with Gasteiger partial charge in [0.25, 0.3) is 0 Å². The summed E-state index contributed by atoms with van der Waals surface area (Å²) >= 11 is 0. The molecular formula is C17H12N6O2. The normalized spacial score (nSPS) is 11.6. The van der Waals surface area contributed by atoms with Crippen molar-refractivity contribution in [3.63, 3.8) is 0 Å². The molecule has 0 bridgehead atoms. The van der Waals surface area contributed by atoms with Gasteiger partial charge in [-0.15, -0.1) is 5.10 Å². The Morgan fingerprint density at radius 1 is 0.960 bits per heavy atom. The van der Waals surface area contributed by atoms with E-state index in [-0.39, 0.29) is 6.79 Å². The highest BCUT2D eigenvalue weighted by atomic mass is 16.7. The maximum absolute atomic E-state index is 8.82. The number of nitriles is 1. The van der Waals surface area contributed by atoms with Crippen LogP contribution in [0.1, 0.15) is 5.56 Å². The molecule has 0 saturated carbocycles. The van der Waals surface area contributed by atoms with Crippen molar-refractivity contribution in [3.05, 3.63) is 54.2 Å². The molecule has 1 aliphatic rings. The predicted octanol–water partition coefficient (Wildman–Crippen LogP) is 2.96. The second-order valence-corrected chi connectivity index (χ2v) is 5.17. The highest BCUT2D eigenvalue weighted by molar-refractivity contribution is 5.62.